The zero-order chi connectivity index (χ0) is 25.6. The van der Waals surface area contributed by atoms with Crippen LogP contribution in [0.5, 0.6) is 0 Å². The van der Waals surface area contributed by atoms with Gasteiger partial charge in [0.15, 0.2) is 0 Å². The molecule has 3 unspecified atom stereocenters. The van der Waals surface area contributed by atoms with Gasteiger partial charge in [0.25, 0.3) is 0 Å². The van der Waals surface area contributed by atoms with Crippen LogP contribution in [0.3, 0.4) is 0 Å². The van der Waals surface area contributed by atoms with E-state index < -0.39 is 23.3 Å². The monoisotopic (exact) mass is 496 g/mol. The molecule has 0 heterocycles. The summed E-state index contributed by atoms with van der Waals surface area (Å²) in [5.74, 6) is -1.47. The highest BCUT2D eigenvalue weighted by Gasteiger charge is 2.37. The Morgan fingerprint density at radius 2 is 1.60 bits per heavy atom. The predicted octanol–water partition coefficient (Wildman–Crippen LogP) is 7.09. The van der Waals surface area contributed by atoms with Crippen LogP contribution in [-0.4, -0.2) is 16.7 Å². The van der Waals surface area contributed by atoms with Crippen LogP contribution in [0.1, 0.15) is 67.8 Å². The van der Waals surface area contributed by atoms with Crippen LogP contribution < -0.4 is 5.32 Å². The van der Waals surface area contributed by atoms with Gasteiger partial charge in [-0.15, -0.1) is 0 Å². The minimum atomic E-state index is -1.21. The summed E-state index contributed by atoms with van der Waals surface area (Å²) >= 11 is 6.07. The maximum Gasteiger partial charge on any atom is 0.126 e. The van der Waals surface area contributed by atoms with Crippen molar-refractivity contribution in [2.45, 2.75) is 63.6 Å². The summed E-state index contributed by atoms with van der Waals surface area (Å²) in [5.41, 5.74) is 1.72. The van der Waals surface area contributed by atoms with E-state index in [2.05, 4.69) is 11.4 Å². The number of hydrogen-bond acceptors (Lipinski definition) is 3. The van der Waals surface area contributed by atoms with E-state index in [9.17, 15) is 19.1 Å². The lowest BCUT2D eigenvalue weighted by Gasteiger charge is -2.39. The Morgan fingerprint density at radius 3 is 2.17 bits per heavy atom. The van der Waals surface area contributed by atoms with E-state index in [4.69, 9.17) is 11.6 Å². The van der Waals surface area contributed by atoms with Crippen molar-refractivity contribution >= 4 is 11.6 Å². The second kappa shape index (κ2) is 11.8. The van der Waals surface area contributed by atoms with Gasteiger partial charge in [0.1, 0.15) is 11.6 Å². The first kappa shape index (κ1) is 26.8. The molecule has 0 aromatic heterocycles. The second-order valence-electron chi connectivity index (χ2n) is 9.08. The van der Waals surface area contributed by atoms with E-state index in [1.165, 1.54) is 12.1 Å². The van der Waals surface area contributed by atoms with Gasteiger partial charge in [-0.3, -0.25) is 0 Å². The normalized spacial score (nSPS) is 14.2. The number of aliphatic hydroxyl groups is 1. The molecule has 0 bridgehead atoms. The van der Waals surface area contributed by atoms with Crippen molar-refractivity contribution in [2.75, 3.05) is 0 Å². The van der Waals surface area contributed by atoms with E-state index in [1.54, 1.807) is 6.07 Å². The number of benzene rings is 3. The third kappa shape index (κ3) is 6.67. The molecule has 0 amide bonds. The van der Waals surface area contributed by atoms with Gasteiger partial charge in [0.2, 0.25) is 0 Å². The molecule has 0 fully saturated rings. The van der Waals surface area contributed by atoms with Crippen LogP contribution in [-0.2, 0) is 6.42 Å². The maximum atomic E-state index is 14.2. The topological polar surface area (TPSA) is 56.0 Å². The molecule has 0 aliphatic heterocycles. The lowest BCUT2D eigenvalue weighted by Crippen LogP contribution is -2.48. The Balaban J connectivity index is 2.03. The molecule has 3 aromatic rings. The number of halogens is 3. The second-order valence-corrected chi connectivity index (χ2v) is 9.51. The summed E-state index contributed by atoms with van der Waals surface area (Å²) in [6.07, 6.45) is 1.44. The predicted molar refractivity (Wildman–Crippen MR) is 136 cm³/mol. The van der Waals surface area contributed by atoms with Crippen LogP contribution in [0.25, 0.3) is 0 Å². The number of hydrogen-bond donors (Lipinski definition) is 2. The van der Waals surface area contributed by atoms with Crippen molar-refractivity contribution in [3.63, 3.8) is 0 Å². The molecule has 3 nitrogen and oxygen atoms in total. The van der Waals surface area contributed by atoms with E-state index in [-0.39, 0.29) is 12.0 Å². The highest BCUT2D eigenvalue weighted by molar-refractivity contribution is 6.30. The maximum absolute atomic E-state index is 14.2. The molecule has 0 aliphatic rings. The van der Waals surface area contributed by atoms with Crippen molar-refractivity contribution in [1.29, 1.82) is 5.26 Å². The molecule has 0 radical (unpaired) electrons. The zero-order valence-electron chi connectivity index (χ0n) is 20.2. The van der Waals surface area contributed by atoms with Crippen LogP contribution in [0.4, 0.5) is 8.78 Å². The fraction of sp³-hybridized carbons (Fsp3) is 0.345. The molecule has 35 heavy (non-hydrogen) atoms. The third-order valence-electron chi connectivity index (χ3n) is 6.83. The molecule has 0 saturated carbocycles. The highest BCUT2D eigenvalue weighted by atomic mass is 35.5. The lowest BCUT2D eigenvalue weighted by molar-refractivity contribution is -0.0115. The molecule has 184 valence electrons. The molecule has 6 heteroatoms. The summed E-state index contributed by atoms with van der Waals surface area (Å²) < 4.78 is 28.3. The molecule has 3 atom stereocenters. The quantitative estimate of drug-likeness (QED) is 0.315. The van der Waals surface area contributed by atoms with Gasteiger partial charge in [0.05, 0.1) is 23.3 Å². The van der Waals surface area contributed by atoms with E-state index in [1.807, 2.05) is 63.2 Å². The fourth-order valence-electron chi connectivity index (χ4n) is 4.64. The van der Waals surface area contributed by atoms with Gasteiger partial charge in [-0.25, -0.2) is 8.78 Å². The molecule has 3 rings (SSSR count). The lowest BCUT2D eigenvalue weighted by atomic mass is 9.81. The number of nitriles is 1. The van der Waals surface area contributed by atoms with E-state index >= 15 is 0 Å². The summed E-state index contributed by atoms with van der Waals surface area (Å²) in [7, 11) is 0. The first-order valence-corrected chi connectivity index (χ1v) is 12.3. The van der Waals surface area contributed by atoms with Gasteiger partial charge >= 0.3 is 0 Å². The van der Waals surface area contributed by atoms with Gasteiger partial charge in [-0.05, 0) is 79.3 Å². The molecule has 0 spiro atoms. The van der Waals surface area contributed by atoms with Gasteiger partial charge in [-0.2, -0.15) is 5.26 Å². The molecular formula is C29H31ClF2N2O. The van der Waals surface area contributed by atoms with Gasteiger partial charge in [0, 0.05) is 23.0 Å². The molecule has 3 aromatic carbocycles. The summed E-state index contributed by atoms with van der Waals surface area (Å²) in [6, 6.07) is 19.7. The van der Waals surface area contributed by atoms with E-state index in [0.29, 0.717) is 35.4 Å². The van der Waals surface area contributed by atoms with Crippen LogP contribution in [0, 0.1) is 23.0 Å². The Morgan fingerprint density at radius 1 is 0.971 bits per heavy atom. The number of nitrogens with one attached hydrogen (secondary N) is 1. The zero-order valence-corrected chi connectivity index (χ0v) is 21.0. The smallest absolute Gasteiger partial charge is 0.126 e. The first-order chi connectivity index (χ1) is 16.7. The Bertz CT molecular complexity index is 1150. The standard InChI is InChI=1S/C29H31ClF2N2O/c1-4-29(35,5-2)28(23-15-25(31)17-26(32)16-23)34-19(3)27(14-20-9-11-24(30)12-10-20)22-8-6-7-21(13-22)18-33/h6-13,15-17,19,27-28,34-35H,4-5,14H2,1-3H3. The van der Waals surface area contributed by atoms with Gasteiger partial charge in [-0.1, -0.05) is 49.7 Å². The van der Waals surface area contributed by atoms with Crippen LogP contribution >= 0.6 is 11.6 Å². The average Bonchev–Trinajstić information content (AvgIpc) is 2.85. The summed E-state index contributed by atoms with van der Waals surface area (Å²) in [6.45, 7) is 5.72. The minimum Gasteiger partial charge on any atom is -0.388 e. The van der Waals surface area contributed by atoms with Crippen molar-refractivity contribution in [3.8, 4) is 6.07 Å². The van der Waals surface area contributed by atoms with Crippen molar-refractivity contribution in [2.24, 2.45) is 0 Å². The number of rotatable bonds is 10. The van der Waals surface area contributed by atoms with Crippen LogP contribution in [0.2, 0.25) is 5.02 Å². The minimum absolute atomic E-state index is 0.0941. The molecular weight excluding hydrogens is 466 g/mol. The number of nitrogens with zero attached hydrogens (tertiary/aromatic N) is 1. The van der Waals surface area contributed by atoms with E-state index in [0.717, 1.165) is 17.2 Å². The Kier molecular flexibility index (Phi) is 9.02. The summed E-state index contributed by atoms with van der Waals surface area (Å²) in [5, 5.41) is 25.0. The Hall–Kier alpha value is -2.78. The third-order valence-corrected chi connectivity index (χ3v) is 7.08. The summed E-state index contributed by atoms with van der Waals surface area (Å²) in [4.78, 5) is 0. The highest BCUT2D eigenvalue weighted by Crippen LogP contribution is 2.35. The molecule has 0 aliphatic carbocycles. The Labute approximate surface area is 211 Å². The molecule has 0 saturated heterocycles. The van der Waals surface area contributed by atoms with Crippen molar-refractivity contribution < 1.29 is 13.9 Å². The first-order valence-electron chi connectivity index (χ1n) is 11.9. The average molecular weight is 497 g/mol. The van der Waals surface area contributed by atoms with Crippen LogP contribution in [0.15, 0.2) is 66.7 Å². The van der Waals surface area contributed by atoms with Crippen molar-refractivity contribution in [3.05, 3.63) is 106 Å². The molecule has 2 N–H and O–H groups in total. The van der Waals surface area contributed by atoms with Crippen molar-refractivity contribution in [1.82, 2.24) is 5.32 Å². The van der Waals surface area contributed by atoms with Gasteiger partial charge < -0.3 is 10.4 Å². The largest absolute Gasteiger partial charge is 0.388 e. The fourth-order valence-corrected chi connectivity index (χ4v) is 4.76. The SMILES string of the molecule is CCC(O)(CC)C(NC(C)C(Cc1ccc(Cl)cc1)c1cccc(C#N)c1)c1cc(F)cc(F)c1.